The van der Waals surface area contributed by atoms with Crippen molar-refractivity contribution in [3.63, 3.8) is 0 Å². The Balaban J connectivity index is 1.33. The molecule has 6 rings (SSSR count). The molecule has 0 saturated carbocycles. The molecule has 0 fully saturated rings. The number of ether oxygens (including phenoxy) is 1. The summed E-state index contributed by atoms with van der Waals surface area (Å²) in [6.45, 7) is 0. The maximum atomic E-state index is 15.0. The molecule has 14 heteroatoms. The number of hydrogen-bond donors (Lipinski definition) is 2. The maximum Gasteiger partial charge on any atom is 0.416 e. The normalized spacial score (nSPS) is 11.6. The van der Waals surface area contributed by atoms with Crippen LogP contribution in [-0.4, -0.2) is 30.4 Å². The number of H-pyrrole nitrogens is 1. The van der Waals surface area contributed by atoms with Gasteiger partial charge in [-0.3, -0.25) is 14.2 Å². The van der Waals surface area contributed by atoms with Crippen molar-refractivity contribution in [1.82, 2.24) is 24.5 Å². The molecule has 4 aromatic heterocycles. The summed E-state index contributed by atoms with van der Waals surface area (Å²) in [4.78, 5) is 41.6. The van der Waals surface area contributed by atoms with Gasteiger partial charge >= 0.3 is 6.18 Å². The number of halogens is 5. The molecule has 9 nitrogen and oxygen atoms in total. The topological polar surface area (TPSA) is 115 Å². The SMILES string of the molecule is O=C(Nc1ccc(Oc2ncnc3[nH]ccc23)c(F)c1)c1cn(-c2ccc(C(F)(F)F)cc2Cl)c2ncccc2c1=O. The van der Waals surface area contributed by atoms with E-state index in [1.165, 1.54) is 41.4 Å². The van der Waals surface area contributed by atoms with Gasteiger partial charge < -0.3 is 15.0 Å². The van der Waals surface area contributed by atoms with Gasteiger partial charge in [-0.15, -0.1) is 0 Å². The summed E-state index contributed by atoms with van der Waals surface area (Å²) in [5.74, 6) is -1.79. The molecule has 42 heavy (non-hydrogen) atoms. The Bertz CT molecular complexity index is 2080. The number of carbonyl (C=O) groups is 1. The number of benzene rings is 2. The quantitative estimate of drug-likeness (QED) is 0.220. The Morgan fingerprint density at radius 3 is 2.62 bits per heavy atom. The summed E-state index contributed by atoms with van der Waals surface area (Å²) in [6, 6.07) is 10.8. The van der Waals surface area contributed by atoms with E-state index in [0.717, 1.165) is 30.5 Å². The van der Waals surface area contributed by atoms with Gasteiger partial charge in [0.2, 0.25) is 11.3 Å². The highest BCUT2D eigenvalue weighted by atomic mass is 35.5. The van der Waals surface area contributed by atoms with Crippen molar-refractivity contribution in [2.45, 2.75) is 6.18 Å². The number of rotatable bonds is 5. The third-order valence-corrected chi connectivity index (χ3v) is 6.56. The van der Waals surface area contributed by atoms with Gasteiger partial charge in [0.1, 0.15) is 23.2 Å². The van der Waals surface area contributed by atoms with Gasteiger partial charge in [-0.1, -0.05) is 11.6 Å². The Hall–Kier alpha value is -5.30. The fraction of sp³-hybridized carbons (Fsp3) is 0.0357. The number of aromatic amines is 1. The van der Waals surface area contributed by atoms with Crippen LogP contribution in [0.2, 0.25) is 5.02 Å². The molecule has 0 aliphatic rings. The van der Waals surface area contributed by atoms with Crippen LogP contribution >= 0.6 is 11.6 Å². The van der Waals surface area contributed by atoms with Crippen LogP contribution in [0.25, 0.3) is 27.8 Å². The molecular weight excluding hydrogens is 580 g/mol. The minimum absolute atomic E-state index is 0.00382. The van der Waals surface area contributed by atoms with Crippen molar-refractivity contribution >= 4 is 45.3 Å². The van der Waals surface area contributed by atoms with Crippen LogP contribution in [0.4, 0.5) is 23.2 Å². The first kappa shape index (κ1) is 26.9. The molecule has 0 unspecified atom stereocenters. The minimum Gasteiger partial charge on any atom is -0.435 e. The number of carbonyl (C=O) groups excluding carboxylic acids is 1. The van der Waals surface area contributed by atoms with Crippen LogP contribution in [0.3, 0.4) is 0 Å². The van der Waals surface area contributed by atoms with Crippen molar-refractivity contribution in [1.29, 1.82) is 0 Å². The van der Waals surface area contributed by atoms with E-state index in [-0.39, 0.29) is 44.6 Å². The van der Waals surface area contributed by atoms with E-state index in [9.17, 15) is 27.2 Å². The molecule has 0 atom stereocenters. The van der Waals surface area contributed by atoms with Gasteiger partial charge in [0.25, 0.3) is 5.91 Å². The number of alkyl halides is 3. The number of aromatic nitrogens is 5. The molecule has 0 bridgehead atoms. The van der Waals surface area contributed by atoms with E-state index < -0.39 is 28.9 Å². The van der Waals surface area contributed by atoms with Crippen LogP contribution in [0.1, 0.15) is 15.9 Å². The number of pyridine rings is 2. The largest absolute Gasteiger partial charge is 0.435 e. The Morgan fingerprint density at radius 1 is 1.02 bits per heavy atom. The molecule has 0 saturated heterocycles. The summed E-state index contributed by atoms with van der Waals surface area (Å²) >= 11 is 6.20. The van der Waals surface area contributed by atoms with Gasteiger partial charge in [-0.25, -0.2) is 19.3 Å². The van der Waals surface area contributed by atoms with Gasteiger partial charge in [-0.2, -0.15) is 13.2 Å². The van der Waals surface area contributed by atoms with Crippen molar-refractivity contribution in [2.24, 2.45) is 0 Å². The molecule has 4 heterocycles. The average Bonchev–Trinajstić information content (AvgIpc) is 3.45. The minimum atomic E-state index is -4.63. The summed E-state index contributed by atoms with van der Waals surface area (Å²) in [5.41, 5.74) is -1.44. The van der Waals surface area contributed by atoms with Gasteiger partial charge in [0, 0.05) is 30.3 Å². The van der Waals surface area contributed by atoms with Gasteiger partial charge in [-0.05, 0) is 48.5 Å². The number of fused-ring (bicyclic) bond motifs is 2. The van der Waals surface area contributed by atoms with Crippen LogP contribution in [-0.2, 0) is 6.18 Å². The summed E-state index contributed by atoms with van der Waals surface area (Å²) in [6.07, 6.45) is 0.751. The fourth-order valence-electron chi connectivity index (χ4n) is 4.28. The number of anilines is 1. The molecule has 0 aliphatic carbocycles. The Labute approximate surface area is 237 Å². The lowest BCUT2D eigenvalue weighted by molar-refractivity contribution is -0.137. The van der Waals surface area contributed by atoms with E-state index >= 15 is 0 Å². The fourth-order valence-corrected chi connectivity index (χ4v) is 4.55. The second-order valence-corrected chi connectivity index (χ2v) is 9.31. The van der Waals surface area contributed by atoms with Crippen LogP contribution < -0.4 is 15.5 Å². The first-order valence-electron chi connectivity index (χ1n) is 12.0. The summed E-state index contributed by atoms with van der Waals surface area (Å²) in [7, 11) is 0. The van der Waals surface area contributed by atoms with E-state index in [1.807, 2.05) is 0 Å². The first-order chi connectivity index (χ1) is 20.1. The molecule has 0 spiro atoms. The monoisotopic (exact) mass is 594 g/mol. The van der Waals surface area contributed by atoms with E-state index in [2.05, 4.69) is 25.3 Å². The highest BCUT2D eigenvalue weighted by molar-refractivity contribution is 6.32. The lowest BCUT2D eigenvalue weighted by Gasteiger charge is -2.16. The van der Waals surface area contributed by atoms with Crippen LogP contribution in [0.5, 0.6) is 11.6 Å². The zero-order valence-electron chi connectivity index (χ0n) is 20.9. The molecule has 1 amide bonds. The second-order valence-electron chi connectivity index (χ2n) is 8.90. The molecule has 0 aliphatic heterocycles. The second kappa shape index (κ2) is 10.3. The molecule has 2 N–H and O–H groups in total. The number of hydrogen-bond acceptors (Lipinski definition) is 6. The summed E-state index contributed by atoms with van der Waals surface area (Å²) < 4.78 is 61.3. The highest BCUT2D eigenvalue weighted by Gasteiger charge is 2.31. The molecule has 210 valence electrons. The maximum absolute atomic E-state index is 15.0. The van der Waals surface area contributed by atoms with Crippen molar-refractivity contribution in [2.75, 3.05) is 5.32 Å². The van der Waals surface area contributed by atoms with E-state index in [4.69, 9.17) is 16.3 Å². The lowest BCUT2D eigenvalue weighted by atomic mass is 10.1. The Kier molecular flexibility index (Phi) is 6.58. The zero-order chi connectivity index (χ0) is 29.6. The average molecular weight is 595 g/mol. The Morgan fingerprint density at radius 2 is 1.86 bits per heavy atom. The molecule has 2 aromatic carbocycles. The van der Waals surface area contributed by atoms with Crippen LogP contribution in [0.15, 0.2) is 84.3 Å². The third-order valence-electron chi connectivity index (χ3n) is 6.26. The smallest absolute Gasteiger partial charge is 0.416 e. The van der Waals surface area contributed by atoms with E-state index in [0.29, 0.717) is 11.0 Å². The van der Waals surface area contributed by atoms with E-state index in [1.54, 1.807) is 12.3 Å². The predicted molar refractivity (Wildman–Crippen MR) is 146 cm³/mol. The first-order valence-corrected chi connectivity index (χ1v) is 12.4. The number of nitrogens with one attached hydrogen (secondary N) is 2. The molecular formula is C28H15ClF4N6O3. The predicted octanol–water partition coefficient (Wildman–Crippen LogP) is 6.51. The standard InChI is InChI=1S/C28H15ClF4N6O3/c29-19-10-14(28(31,32)33)3-5-21(19)39-12-18(23(40)16-2-1-8-35-25(16)39)26(41)38-15-4-6-22(20(30)11-15)42-27-17-7-9-34-24(17)36-13-37-27/h1-13H,(H,38,41)(H,34,36,37). The highest BCUT2D eigenvalue weighted by Crippen LogP contribution is 2.34. The zero-order valence-corrected chi connectivity index (χ0v) is 21.7. The lowest BCUT2D eigenvalue weighted by Crippen LogP contribution is -2.24. The van der Waals surface area contributed by atoms with Gasteiger partial charge in [0.15, 0.2) is 11.6 Å². The van der Waals surface area contributed by atoms with Crippen molar-refractivity contribution in [3.8, 4) is 17.3 Å². The number of nitrogens with zero attached hydrogens (tertiary/aromatic N) is 4. The number of amides is 1. The third kappa shape index (κ3) is 4.90. The van der Waals surface area contributed by atoms with Crippen molar-refractivity contribution < 1.29 is 27.1 Å². The summed E-state index contributed by atoms with van der Waals surface area (Å²) in [5, 5.41) is 2.72. The van der Waals surface area contributed by atoms with Gasteiger partial charge in [0.05, 0.1) is 27.0 Å². The van der Waals surface area contributed by atoms with Crippen LogP contribution in [0, 0.1) is 5.82 Å². The molecule has 6 aromatic rings. The molecule has 0 radical (unpaired) electrons. The van der Waals surface area contributed by atoms with Crippen molar-refractivity contribution in [3.05, 3.63) is 112 Å².